The van der Waals surface area contributed by atoms with Crippen LogP contribution < -0.4 is 15.7 Å². The summed E-state index contributed by atoms with van der Waals surface area (Å²) in [7, 11) is 0. The fraction of sp³-hybridized carbons (Fsp3) is 0. The molecule has 21 heavy (non-hydrogen) atoms. The first-order valence-electron chi connectivity index (χ1n) is 6.32. The molecule has 0 spiro atoms. The van der Waals surface area contributed by atoms with Crippen LogP contribution >= 0.6 is 0 Å². The maximum absolute atomic E-state index is 11.2. The van der Waals surface area contributed by atoms with Crippen molar-refractivity contribution in [3.63, 3.8) is 0 Å². The summed E-state index contributed by atoms with van der Waals surface area (Å²) in [6, 6.07) is 16.8. The average molecular weight is 280 g/mol. The zero-order chi connectivity index (χ0) is 14.5. The van der Waals surface area contributed by atoms with Crippen molar-refractivity contribution < 1.29 is 4.74 Å². The largest absolute Gasteiger partial charge is 0.455 e. The number of hydrogen-bond acceptors (Lipinski definition) is 5. The lowest BCUT2D eigenvalue weighted by molar-refractivity contribution is 0.485. The SMILES string of the molecule is O=c1nc(Nc2ccccc2Oc2ccccc2)cn[nH]1. The molecule has 0 amide bonds. The van der Waals surface area contributed by atoms with E-state index in [-0.39, 0.29) is 0 Å². The van der Waals surface area contributed by atoms with Crippen LogP contribution in [0.1, 0.15) is 0 Å². The minimum Gasteiger partial charge on any atom is -0.455 e. The third kappa shape index (κ3) is 3.24. The Kier molecular flexibility index (Phi) is 3.60. The molecule has 1 heterocycles. The van der Waals surface area contributed by atoms with Crippen LogP contribution in [0.5, 0.6) is 11.5 Å². The Labute approximate surface area is 120 Å². The minimum absolute atomic E-state index is 0.350. The molecule has 3 rings (SSSR count). The molecule has 0 saturated heterocycles. The summed E-state index contributed by atoms with van der Waals surface area (Å²) < 4.78 is 5.82. The molecular weight excluding hydrogens is 268 g/mol. The molecule has 0 unspecified atom stereocenters. The predicted molar refractivity (Wildman–Crippen MR) is 78.9 cm³/mol. The van der Waals surface area contributed by atoms with Gasteiger partial charge in [0.1, 0.15) is 5.75 Å². The number of hydrogen-bond donors (Lipinski definition) is 2. The lowest BCUT2D eigenvalue weighted by Crippen LogP contribution is -2.13. The first-order valence-corrected chi connectivity index (χ1v) is 6.32. The van der Waals surface area contributed by atoms with E-state index in [1.54, 1.807) is 0 Å². The van der Waals surface area contributed by atoms with Gasteiger partial charge in [-0.15, -0.1) is 0 Å². The molecular formula is C15H12N4O2. The Morgan fingerprint density at radius 2 is 1.76 bits per heavy atom. The molecule has 3 aromatic rings. The standard InChI is InChI=1S/C15H12N4O2/c20-15-18-14(10-16-19-15)17-12-8-4-5-9-13(12)21-11-6-2-1-3-7-11/h1-10H,(H2,17,18,19,20). The fourth-order valence-corrected chi connectivity index (χ4v) is 1.78. The number of aromatic nitrogens is 3. The second kappa shape index (κ2) is 5.87. The molecule has 0 aliphatic heterocycles. The normalized spacial score (nSPS) is 10.1. The number of nitrogens with zero attached hydrogens (tertiary/aromatic N) is 2. The molecule has 0 atom stereocenters. The summed E-state index contributed by atoms with van der Waals surface area (Å²) >= 11 is 0. The zero-order valence-electron chi connectivity index (χ0n) is 11.0. The van der Waals surface area contributed by atoms with Gasteiger partial charge in [-0.25, -0.2) is 9.89 Å². The molecule has 0 aliphatic rings. The molecule has 2 N–H and O–H groups in total. The Morgan fingerprint density at radius 1 is 1.00 bits per heavy atom. The van der Waals surface area contributed by atoms with Gasteiger partial charge in [-0.2, -0.15) is 10.1 Å². The summed E-state index contributed by atoms with van der Waals surface area (Å²) in [5.74, 6) is 1.71. The highest BCUT2D eigenvalue weighted by Crippen LogP contribution is 2.30. The Morgan fingerprint density at radius 3 is 2.57 bits per heavy atom. The number of benzene rings is 2. The molecule has 2 aromatic carbocycles. The van der Waals surface area contributed by atoms with E-state index < -0.39 is 5.69 Å². The summed E-state index contributed by atoms with van der Waals surface area (Å²) in [5, 5.41) is 8.93. The predicted octanol–water partition coefficient (Wildman–Crippen LogP) is 2.70. The molecule has 0 radical (unpaired) electrons. The van der Waals surface area contributed by atoms with Crippen LogP contribution in [0.2, 0.25) is 0 Å². The molecule has 1 aromatic heterocycles. The first-order chi connectivity index (χ1) is 10.3. The number of nitrogens with one attached hydrogen (secondary N) is 2. The maximum atomic E-state index is 11.2. The number of H-pyrrole nitrogens is 1. The van der Waals surface area contributed by atoms with Gasteiger partial charge >= 0.3 is 5.69 Å². The van der Waals surface area contributed by atoms with E-state index in [0.29, 0.717) is 17.3 Å². The van der Waals surface area contributed by atoms with Gasteiger partial charge in [0.15, 0.2) is 11.6 Å². The van der Waals surface area contributed by atoms with E-state index in [2.05, 4.69) is 20.5 Å². The topological polar surface area (TPSA) is 79.9 Å². The van der Waals surface area contributed by atoms with Crippen molar-refractivity contribution in [3.8, 4) is 11.5 Å². The quantitative estimate of drug-likeness (QED) is 0.768. The molecule has 6 heteroatoms. The summed E-state index contributed by atoms with van der Waals surface area (Å²) in [6.07, 6.45) is 1.43. The maximum Gasteiger partial charge on any atom is 0.363 e. The van der Waals surface area contributed by atoms with E-state index in [4.69, 9.17) is 4.74 Å². The van der Waals surface area contributed by atoms with Gasteiger partial charge in [0.25, 0.3) is 0 Å². The van der Waals surface area contributed by atoms with Gasteiger partial charge in [-0.3, -0.25) is 0 Å². The van der Waals surface area contributed by atoms with Crippen LogP contribution in [0.25, 0.3) is 0 Å². The number of rotatable bonds is 4. The summed E-state index contributed by atoms with van der Waals surface area (Å²) in [4.78, 5) is 14.9. The highest BCUT2D eigenvalue weighted by Gasteiger charge is 2.05. The lowest BCUT2D eigenvalue weighted by atomic mass is 10.3. The van der Waals surface area contributed by atoms with Gasteiger partial charge in [0, 0.05) is 0 Å². The second-order valence-electron chi connectivity index (χ2n) is 4.21. The molecule has 0 fully saturated rings. The number of aromatic amines is 1. The fourth-order valence-electron chi connectivity index (χ4n) is 1.78. The van der Waals surface area contributed by atoms with Crippen LogP contribution in [0, 0.1) is 0 Å². The number of anilines is 2. The van der Waals surface area contributed by atoms with E-state index in [1.807, 2.05) is 54.6 Å². The van der Waals surface area contributed by atoms with Crippen molar-refractivity contribution in [1.82, 2.24) is 15.2 Å². The summed E-state index contributed by atoms with van der Waals surface area (Å²) in [6.45, 7) is 0. The molecule has 0 bridgehead atoms. The number of ether oxygens (including phenoxy) is 1. The smallest absolute Gasteiger partial charge is 0.363 e. The molecule has 0 aliphatic carbocycles. The van der Waals surface area contributed by atoms with E-state index >= 15 is 0 Å². The van der Waals surface area contributed by atoms with Gasteiger partial charge in [0.05, 0.1) is 11.9 Å². The third-order valence-electron chi connectivity index (χ3n) is 2.69. The van der Waals surface area contributed by atoms with Gasteiger partial charge < -0.3 is 10.1 Å². The monoisotopic (exact) mass is 280 g/mol. The van der Waals surface area contributed by atoms with Crippen molar-refractivity contribution in [1.29, 1.82) is 0 Å². The Hall–Kier alpha value is -3.15. The van der Waals surface area contributed by atoms with Crippen LogP contribution in [0.4, 0.5) is 11.5 Å². The van der Waals surface area contributed by atoms with E-state index in [9.17, 15) is 4.79 Å². The van der Waals surface area contributed by atoms with Crippen LogP contribution in [0.3, 0.4) is 0 Å². The van der Waals surface area contributed by atoms with Crippen molar-refractivity contribution in [3.05, 3.63) is 71.3 Å². The first kappa shape index (κ1) is 12.9. The van der Waals surface area contributed by atoms with Crippen LogP contribution in [0.15, 0.2) is 65.6 Å². The molecule has 0 saturated carbocycles. The number of para-hydroxylation sites is 3. The van der Waals surface area contributed by atoms with Gasteiger partial charge in [0.2, 0.25) is 0 Å². The average Bonchev–Trinajstić information content (AvgIpc) is 2.50. The summed E-state index contributed by atoms with van der Waals surface area (Å²) in [5.41, 5.74) is 0.183. The third-order valence-corrected chi connectivity index (χ3v) is 2.69. The Bertz CT molecular complexity index is 787. The van der Waals surface area contributed by atoms with Crippen molar-refractivity contribution in [2.75, 3.05) is 5.32 Å². The molecule has 104 valence electrons. The minimum atomic E-state index is -0.513. The van der Waals surface area contributed by atoms with Crippen LogP contribution in [-0.2, 0) is 0 Å². The van der Waals surface area contributed by atoms with Gasteiger partial charge in [-0.05, 0) is 24.3 Å². The highest BCUT2D eigenvalue weighted by molar-refractivity contribution is 5.64. The molecule has 6 nitrogen and oxygen atoms in total. The van der Waals surface area contributed by atoms with Crippen molar-refractivity contribution in [2.45, 2.75) is 0 Å². The van der Waals surface area contributed by atoms with Crippen molar-refractivity contribution in [2.24, 2.45) is 0 Å². The highest BCUT2D eigenvalue weighted by atomic mass is 16.5. The van der Waals surface area contributed by atoms with E-state index in [1.165, 1.54) is 6.20 Å². The van der Waals surface area contributed by atoms with Crippen molar-refractivity contribution >= 4 is 11.5 Å². The zero-order valence-corrected chi connectivity index (χ0v) is 11.0. The lowest BCUT2D eigenvalue weighted by Gasteiger charge is -2.11. The second-order valence-corrected chi connectivity index (χ2v) is 4.21. The van der Waals surface area contributed by atoms with Crippen LogP contribution in [-0.4, -0.2) is 15.2 Å². The van der Waals surface area contributed by atoms with Gasteiger partial charge in [-0.1, -0.05) is 30.3 Å². The Balaban J connectivity index is 1.87. The van der Waals surface area contributed by atoms with E-state index in [0.717, 1.165) is 5.75 Å².